The average Bonchev–Trinajstić information content (AvgIpc) is 2.43. The topological polar surface area (TPSA) is 93.4 Å². The second-order valence-electron chi connectivity index (χ2n) is 4.05. The van der Waals surface area contributed by atoms with E-state index in [-0.39, 0.29) is 12.5 Å². The van der Waals surface area contributed by atoms with E-state index in [4.69, 9.17) is 10.5 Å². The van der Waals surface area contributed by atoms with Gasteiger partial charge in [0.05, 0.1) is 13.2 Å². The second kappa shape index (κ2) is 7.40. The van der Waals surface area contributed by atoms with Gasteiger partial charge in [-0.25, -0.2) is 4.98 Å². The van der Waals surface area contributed by atoms with Crippen LogP contribution in [0.5, 0.6) is 5.88 Å². The fraction of sp³-hybridized carbons (Fsp3) is 0.583. The van der Waals surface area contributed by atoms with E-state index in [2.05, 4.69) is 15.3 Å². The first kappa shape index (κ1) is 15.0. The number of nitrogens with zero attached hydrogens (tertiary/aromatic N) is 3. The number of aromatic nitrogens is 2. The van der Waals surface area contributed by atoms with E-state index in [9.17, 15) is 4.79 Å². The zero-order chi connectivity index (χ0) is 14.3. The molecule has 0 spiro atoms. The van der Waals surface area contributed by atoms with Gasteiger partial charge in [-0.1, -0.05) is 6.92 Å². The number of ether oxygens (including phenoxy) is 1. The van der Waals surface area contributed by atoms with Crippen LogP contribution in [0, 0.1) is 0 Å². The fourth-order valence-electron chi connectivity index (χ4n) is 1.30. The Kier molecular flexibility index (Phi) is 5.84. The minimum Gasteiger partial charge on any atom is -0.476 e. The number of rotatable bonds is 7. The molecule has 1 aromatic heterocycles. The lowest BCUT2D eigenvalue weighted by atomic mass is 10.4. The van der Waals surface area contributed by atoms with Gasteiger partial charge < -0.3 is 20.7 Å². The monoisotopic (exact) mass is 267 g/mol. The van der Waals surface area contributed by atoms with Gasteiger partial charge in [0.25, 0.3) is 0 Å². The predicted octanol–water partition coefficient (Wildman–Crippen LogP) is 0.738. The van der Waals surface area contributed by atoms with Gasteiger partial charge in [0.1, 0.15) is 12.0 Å². The molecular formula is C12H21N5O2. The molecule has 0 aliphatic carbocycles. The molecule has 19 heavy (non-hydrogen) atoms. The Morgan fingerprint density at radius 3 is 2.84 bits per heavy atom. The maximum Gasteiger partial charge on any atom is 0.242 e. The van der Waals surface area contributed by atoms with Crippen molar-refractivity contribution in [3.8, 4) is 5.88 Å². The van der Waals surface area contributed by atoms with E-state index in [0.717, 1.165) is 6.42 Å². The quantitative estimate of drug-likeness (QED) is 0.756. The summed E-state index contributed by atoms with van der Waals surface area (Å²) in [5, 5.41) is 2.90. The van der Waals surface area contributed by atoms with Crippen LogP contribution in [0.4, 0.5) is 11.5 Å². The predicted molar refractivity (Wildman–Crippen MR) is 74.0 cm³/mol. The first-order valence-corrected chi connectivity index (χ1v) is 6.31. The number of amides is 1. The molecule has 0 bridgehead atoms. The van der Waals surface area contributed by atoms with Crippen molar-refractivity contribution in [2.45, 2.75) is 20.3 Å². The number of anilines is 2. The van der Waals surface area contributed by atoms with E-state index in [1.807, 2.05) is 13.8 Å². The molecule has 0 aliphatic rings. The van der Waals surface area contributed by atoms with Gasteiger partial charge in [-0.3, -0.25) is 4.79 Å². The lowest BCUT2D eigenvalue weighted by Gasteiger charge is -2.16. The van der Waals surface area contributed by atoms with Gasteiger partial charge in [-0.2, -0.15) is 4.98 Å². The molecule has 1 aromatic rings. The molecule has 7 nitrogen and oxygen atoms in total. The summed E-state index contributed by atoms with van der Waals surface area (Å²) in [5.41, 5.74) is 6.20. The maximum absolute atomic E-state index is 11.7. The summed E-state index contributed by atoms with van der Waals surface area (Å²) in [5.74, 6) is 0.728. The standard InChI is InChI=1S/C12H21N5O2/c1-4-6-19-12-10(13)11(15-8-16-12)14-7-9(18)17(3)5-2/h8H,4-7,13H2,1-3H3,(H,14,15,16). The van der Waals surface area contributed by atoms with Crippen LogP contribution < -0.4 is 15.8 Å². The summed E-state index contributed by atoms with van der Waals surface area (Å²) >= 11 is 0. The van der Waals surface area contributed by atoms with E-state index in [1.54, 1.807) is 11.9 Å². The number of hydrogen-bond acceptors (Lipinski definition) is 6. The van der Waals surface area contributed by atoms with Crippen molar-refractivity contribution in [1.29, 1.82) is 0 Å². The number of carbonyl (C=O) groups is 1. The van der Waals surface area contributed by atoms with Crippen molar-refractivity contribution in [2.24, 2.45) is 0 Å². The van der Waals surface area contributed by atoms with Crippen molar-refractivity contribution in [2.75, 3.05) is 37.8 Å². The Bertz CT molecular complexity index is 425. The number of likely N-dealkylation sites (N-methyl/N-ethyl adjacent to an activating group) is 1. The number of nitrogens with two attached hydrogens (primary N) is 1. The molecule has 1 amide bonds. The highest BCUT2D eigenvalue weighted by Gasteiger charge is 2.11. The van der Waals surface area contributed by atoms with Crippen molar-refractivity contribution >= 4 is 17.4 Å². The molecule has 0 atom stereocenters. The van der Waals surface area contributed by atoms with Crippen LogP contribution in [0.2, 0.25) is 0 Å². The van der Waals surface area contributed by atoms with Gasteiger partial charge >= 0.3 is 0 Å². The summed E-state index contributed by atoms with van der Waals surface area (Å²) in [6.07, 6.45) is 2.23. The molecule has 0 fully saturated rings. The zero-order valence-electron chi connectivity index (χ0n) is 11.6. The van der Waals surface area contributed by atoms with Crippen LogP contribution in [0.15, 0.2) is 6.33 Å². The molecule has 0 saturated carbocycles. The number of nitrogen functional groups attached to an aromatic ring is 1. The van der Waals surface area contributed by atoms with Crippen molar-refractivity contribution in [1.82, 2.24) is 14.9 Å². The first-order chi connectivity index (χ1) is 9.10. The molecule has 3 N–H and O–H groups in total. The SMILES string of the molecule is CCCOc1ncnc(NCC(=O)N(C)CC)c1N. The lowest BCUT2D eigenvalue weighted by Crippen LogP contribution is -2.32. The minimum absolute atomic E-state index is 0.0310. The van der Waals surface area contributed by atoms with Gasteiger partial charge in [-0.05, 0) is 13.3 Å². The molecular weight excluding hydrogens is 246 g/mol. The third-order valence-electron chi connectivity index (χ3n) is 2.60. The lowest BCUT2D eigenvalue weighted by molar-refractivity contribution is -0.127. The molecule has 0 aliphatic heterocycles. The summed E-state index contributed by atoms with van der Waals surface area (Å²) in [7, 11) is 1.74. The third-order valence-corrected chi connectivity index (χ3v) is 2.60. The van der Waals surface area contributed by atoms with Crippen molar-refractivity contribution in [3.05, 3.63) is 6.33 Å². The molecule has 106 valence electrons. The Morgan fingerprint density at radius 2 is 2.21 bits per heavy atom. The van der Waals surface area contributed by atoms with Crippen LogP contribution in [0.1, 0.15) is 20.3 Å². The Labute approximate surface area is 113 Å². The van der Waals surface area contributed by atoms with Crippen molar-refractivity contribution in [3.63, 3.8) is 0 Å². The van der Waals surface area contributed by atoms with Gasteiger partial charge in [0, 0.05) is 13.6 Å². The number of nitrogens with one attached hydrogen (secondary N) is 1. The maximum atomic E-state index is 11.7. The molecule has 1 rings (SSSR count). The summed E-state index contributed by atoms with van der Waals surface area (Å²) in [4.78, 5) is 21.2. The fourth-order valence-corrected chi connectivity index (χ4v) is 1.30. The molecule has 0 saturated heterocycles. The molecule has 0 unspecified atom stereocenters. The van der Waals surface area contributed by atoms with Gasteiger partial charge in [-0.15, -0.1) is 0 Å². The third kappa shape index (κ3) is 4.27. The van der Waals surface area contributed by atoms with Gasteiger partial charge in [0.2, 0.25) is 11.8 Å². The highest BCUT2D eigenvalue weighted by molar-refractivity contribution is 5.81. The van der Waals surface area contributed by atoms with E-state index in [0.29, 0.717) is 30.5 Å². The Morgan fingerprint density at radius 1 is 1.47 bits per heavy atom. The van der Waals surface area contributed by atoms with Crippen LogP contribution >= 0.6 is 0 Å². The second-order valence-corrected chi connectivity index (χ2v) is 4.05. The summed E-state index contributed by atoms with van der Waals surface area (Å²) in [6.45, 7) is 5.24. The highest BCUT2D eigenvalue weighted by Crippen LogP contribution is 2.24. The smallest absolute Gasteiger partial charge is 0.242 e. The summed E-state index contributed by atoms with van der Waals surface area (Å²) < 4.78 is 5.39. The van der Waals surface area contributed by atoms with Crippen LogP contribution in [0.25, 0.3) is 0 Å². The molecule has 1 heterocycles. The first-order valence-electron chi connectivity index (χ1n) is 6.31. The van der Waals surface area contributed by atoms with Gasteiger partial charge in [0.15, 0.2) is 5.82 Å². The number of hydrogen-bond donors (Lipinski definition) is 2. The molecule has 7 heteroatoms. The number of carbonyl (C=O) groups excluding carboxylic acids is 1. The molecule has 0 aromatic carbocycles. The normalized spacial score (nSPS) is 10.1. The van der Waals surface area contributed by atoms with E-state index in [1.165, 1.54) is 6.33 Å². The average molecular weight is 267 g/mol. The zero-order valence-corrected chi connectivity index (χ0v) is 11.6. The van der Waals surface area contributed by atoms with E-state index >= 15 is 0 Å². The van der Waals surface area contributed by atoms with Crippen LogP contribution in [-0.4, -0.2) is 47.5 Å². The van der Waals surface area contributed by atoms with Crippen molar-refractivity contribution < 1.29 is 9.53 Å². The molecule has 0 radical (unpaired) electrons. The summed E-state index contributed by atoms with van der Waals surface area (Å²) in [6, 6.07) is 0. The van der Waals surface area contributed by atoms with Crippen LogP contribution in [0.3, 0.4) is 0 Å². The highest BCUT2D eigenvalue weighted by atomic mass is 16.5. The largest absolute Gasteiger partial charge is 0.476 e. The Balaban J connectivity index is 2.66. The minimum atomic E-state index is -0.0310. The Hall–Kier alpha value is -2.05. The van der Waals surface area contributed by atoms with Crippen LogP contribution in [-0.2, 0) is 4.79 Å². The van der Waals surface area contributed by atoms with E-state index < -0.39 is 0 Å².